The Morgan fingerprint density at radius 2 is 1.92 bits per heavy atom. The molecule has 4 heteroatoms. The highest BCUT2D eigenvalue weighted by Crippen LogP contribution is 2.26. The molecule has 2 aromatic carbocycles. The number of nitrogens with one attached hydrogen (secondary N) is 1. The van der Waals surface area contributed by atoms with Crippen LogP contribution in [0.1, 0.15) is 35.8 Å². The van der Waals surface area contributed by atoms with Gasteiger partial charge in [0.25, 0.3) is 0 Å². The number of hydrogen-bond donors (Lipinski definition) is 1. The molecule has 24 heavy (non-hydrogen) atoms. The number of para-hydroxylation sites is 1. The van der Waals surface area contributed by atoms with Crippen molar-refractivity contribution >= 4 is 16.9 Å². The molecule has 0 radical (unpaired) electrons. The van der Waals surface area contributed by atoms with Crippen LogP contribution >= 0.6 is 0 Å². The van der Waals surface area contributed by atoms with Crippen LogP contribution in [0.4, 0.5) is 0 Å². The molecule has 0 fully saturated rings. The van der Waals surface area contributed by atoms with E-state index in [2.05, 4.69) is 11.9 Å². The van der Waals surface area contributed by atoms with Gasteiger partial charge in [0.2, 0.25) is 0 Å². The van der Waals surface area contributed by atoms with Gasteiger partial charge in [-0.05, 0) is 24.1 Å². The van der Waals surface area contributed by atoms with E-state index in [4.69, 9.17) is 9.47 Å². The summed E-state index contributed by atoms with van der Waals surface area (Å²) in [5.41, 5.74) is 2.37. The van der Waals surface area contributed by atoms with Gasteiger partial charge in [-0.25, -0.2) is 4.79 Å². The lowest BCUT2D eigenvalue weighted by atomic mass is 10.2. The van der Waals surface area contributed by atoms with Gasteiger partial charge in [0.1, 0.15) is 18.1 Å². The number of H-pyrrole nitrogens is 1. The van der Waals surface area contributed by atoms with E-state index in [1.807, 2.05) is 48.5 Å². The number of fused-ring (bicyclic) bond motifs is 1. The summed E-state index contributed by atoms with van der Waals surface area (Å²) in [5.74, 6) is 0.401. The van der Waals surface area contributed by atoms with Crippen LogP contribution in [0.15, 0.2) is 54.6 Å². The van der Waals surface area contributed by atoms with Crippen molar-refractivity contribution in [3.05, 3.63) is 65.9 Å². The van der Waals surface area contributed by atoms with Gasteiger partial charge in [0, 0.05) is 5.39 Å². The zero-order valence-electron chi connectivity index (χ0n) is 13.7. The molecule has 0 aliphatic heterocycles. The third-order valence-electron chi connectivity index (χ3n) is 3.81. The average molecular weight is 323 g/mol. The van der Waals surface area contributed by atoms with Crippen LogP contribution in [0.25, 0.3) is 10.9 Å². The first-order valence-corrected chi connectivity index (χ1v) is 8.23. The maximum Gasteiger partial charge on any atom is 0.354 e. The minimum atomic E-state index is -0.325. The van der Waals surface area contributed by atoms with Gasteiger partial charge in [0.15, 0.2) is 0 Å². The lowest BCUT2D eigenvalue weighted by molar-refractivity contribution is 0.0494. The lowest BCUT2D eigenvalue weighted by Gasteiger charge is -2.07. The first-order valence-electron chi connectivity index (χ1n) is 8.23. The van der Waals surface area contributed by atoms with Crippen LogP contribution in [0.5, 0.6) is 5.75 Å². The minimum absolute atomic E-state index is 0.325. The highest BCUT2D eigenvalue weighted by molar-refractivity contribution is 5.96. The van der Waals surface area contributed by atoms with Crippen molar-refractivity contribution in [3.8, 4) is 5.75 Å². The van der Waals surface area contributed by atoms with Gasteiger partial charge in [-0.3, -0.25) is 0 Å². The number of esters is 1. The molecule has 0 amide bonds. The number of carbonyl (C=O) groups excluding carboxylic acids is 1. The Morgan fingerprint density at radius 3 is 2.71 bits per heavy atom. The predicted octanol–water partition coefficient (Wildman–Crippen LogP) is 4.70. The summed E-state index contributed by atoms with van der Waals surface area (Å²) < 4.78 is 11.2. The van der Waals surface area contributed by atoms with Crippen molar-refractivity contribution in [2.75, 3.05) is 6.61 Å². The van der Waals surface area contributed by atoms with Crippen molar-refractivity contribution in [1.29, 1.82) is 0 Å². The van der Waals surface area contributed by atoms with Crippen molar-refractivity contribution < 1.29 is 14.3 Å². The Labute approximate surface area is 141 Å². The summed E-state index contributed by atoms with van der Waals surface area (Å²) in [6, 6.07) is 17.6. The van der Waals surface area contributed by atoms with E-state index >= 15 is 0 Å². The molecule has 1 aromatic heterocycles. The molecule has 1 N–H and O–H groups in total. The number of ether oxygens (including phenoxy) is 2. The second-order valence-electron chi connectivity index (χ2n) is 5.67. The van der Waals surface area contributed by atoms with Crippen LogP contribution in [-0.4, -0.2) is 17.6 Å². The highest BCUT2D eigenvalue weighted by Gasteiger charge is 2.13. The minimum Gasteiger partial charge on any atom is -0.487 e. The molecule has 0 aliphatic carbocycles. The second kappa shape index (κ2) is 7.68. The van der Waals surface area contributed by atoms with Crippen molar-refractivity contribution in [2.45, 2.75) is 26.4 Å². The molecule has 0 bridgehead atoms. The molecule has 0 atom stereocenters. The molecule has 3 aromatic rings. The molecule has 4 nitrogen and oxygen atoms in total. The van der Waals surface area contributed by atoms with Crippen molar-refractivity contribution in [3.63, 3.8) is 0 Å². The number of aromatic nitrogens is 1. The number of benzene rings is 2. The van der Waals surface area contributed by atoms with Crippen LogP contribution in [-0.2, 0) is 11.3 Å². The summed E-state index contributed by atoms with van der Waals surface area (Å²) in [6.45, 7) is 2.99. The number of unbranched alkanes of at least 4 members (excludes halogenated alkanes) is 1. The quantitative estimate of drug-likeness (QED) is 0.506. The molecule has 0 unspecified atom stereocenters. The summed E-state index contributed by atoms with van der Waals surface area (Å²) in [5, 5.41) is 0.933. The first-order chi connectivity index (χ1) is 11.8. The van der Waals surface area contributed by atoms with Gasteiger partial charge < -0.3 is 14.5 Å². The summed E-state index contributed by atoms with van der Waals surface area (Å²) >= 11 is 0. The first kappa shape index (κ1) is 16.1. The largest absolute Gasteiger partial charge is 0.487 e. The summed E-state index contributed by atoms with van der Waals surface area (Å²) in [4.78, 5) is 15.2. The zero-order valence-corrected chi connectivity index (χ0v) is 13.7. The SMILES string of the molecule is CCCCOC(=O)c1cc2cccc(OCc3ccccc3)c2[nH]1. The van der Waals surface area contributed by atoms with Gasteiger partial charge in [-0.1, -0.05) is 55.8 Å². The molecule has 1 heterocycles. The van der Waals surface area contributed by atoms with E-state index in [0.717, 1.165) is 35.1 Å². The Hall–Kier alpha value is -2.75. The Kier molecular flexibility index (Phi) is 5.16. The monoisotopic (exact) mass is 323 g/mol. The van der Waals surface area contributed by atoms with Crippen LogP contribution in [0, 0.1) is 0 Å². The smallest absolute Gasteiger partial charge is 0.354 e. The van der Waals surface area contributed by atoms with E-state index in [-0.39, 0.29) is 5.97 Å². The second-order valence-corrected chi connectivity index (χ2v) is 5.67. The fourth-order valence-corrected chi connectivity index (χ4v) is 2.48. The molecule has 0 saturated heterocycles. The Bertz CT molecular complexity index is 808. The molecule has 3 rings (SSSR count). The maximum atomic E-state index is 12.1. The third kappa shape index (κ3) is 3.77. The number of hydrogen-bond acceptors (Lipinski definition) is 3. The van der Waals surface area contributed by atoms with Gasteiger partial charge in [0.05, 0.1) is 12.1 Å². The van der Waals surface area contributed by atoms with Crippen LogP contribution in [0.3, 0.4) is 0 Å². The van der Waals surface area contributed by atoms with Gasteiger partial charge >= 0.3 is 5.97 Å². The van der Waals surface area contributed by atoms with E-state index < -0.39 is 0 Å². The van der Waals surface area contributed by atoms with Crippen molar-refractivity contribution in [1.82, 2.24) is 4.98 Å². The molecule has 0 aliphatic rings. The normalized spacial score (nSPS) is 10.7. The van der Waals surface area contributed by atoms with E-state index in [9.17, 15) is 4.79 Å². The van der Waals surface area contributed by atoms with E-state index in [1.54, 1.807) is 6.07 Å². The van der Waals surface area contributed by atoms with Gasteiger partial charge in [-0.2, -0.15) is 0 Å². The summed E-state index contributed by atoms with van der Waals surface area (Å²) in [6.07, 6.45) is 1.87. The summed E-state index contributed by atoms with van der Waals surface area (Å²) in [7, 11) is 0. The predicted molar refractivity (Wildman–Crippen MR) is 94.3 cm³/mol. The molecule has 0 spiro atoms. The third-order valence-corrected chi connectivity index (χ3v) is 3.81. The molecular formula is C20H21NO3. The molecule has 124 valence electrons. The fourth-order valence-electron chi connectivity index (χ4n) is 2.48. The van der Waals surface area contributed by atoms with Crippen LogP contribution < -0.4 is 4.74 Å². The maximum absolute atomic E-state index is 12.1. The molecule has 0 saturated carbocycles. The molecular weight excluding hydrogens is 302 g/mol. The number of aromatic amines is 1. The standard InChI is InChI=1S/C20H21NO3/c1-2-3-12-23-20(22)17-13-16-10-7-11-18(19(16)21-17)24-14-15-8-5-4-6-9-15/h4-11,13,21H,2-3,12,14H2,1H3. The fraction of sp³-hybridized carbons (Fsp3) is 0.250. The van der Waals surface area contributed by atoms with Crippen molar-refractivity contribution in [2.24, 2.45) is 0 Å². The Balaban J connectivity index is 1.76. The highest BCUT2D eigenvalue weighted by atomic mass is 16.5. The topological polar surface area (TPSA) is 51.3 Å². The zero-order chi connectivity index (χ0) is 16.8. The van der Waals surface area contributed by atoms with Crippen LogP contribution in [0.2, 0.25) is 0 Å². The lowest BCUT2D eigenvalue weighted by Crippen LogP contribution is -2.06. The Morgan fingerprint density at radius 1 is 1.08 bits per heavy atom. The van der Waals surface area contributed by atoms with E-state index in [0.29, 0.717) is 18.9 Å². The number of rotatable bonds is 7. The number of carbonyl (C=O) groups is 1. The van der Waals surface area contributed by atoms with Gasteiger partial charge in [-0.15, -0.1) is 0 Å². The average Bonchev–Trinajstić information content (AvgIpc) is 3.06. The van der Waals surface area contributed by atoms with E-state index in [1.165, 1.54) is 0 Å².